The zero-order valence-electron chi connectivity index (χ0n) is 14.5. The number of alkyl halides is 2. The Balaban J connectivity index is 1.53. The number of rotatable bonds is 4. The zero-order chi connectivity index (χ0) is 19.9. The summed E-state index contributed by atoms with van der Waals surface area (Å²) < 4.78 is 36.8. The van der Waals surface area contributed by atoms with Crippen LogP contribution >= 0.6 is 12.2 Å². The Hall–Kier alpha value is -3.27. The van der Waals surface area contributed by atoms with E-state index in [2.05, 4.69) is 25.0 Å². The Morgan fingerprint density at radius 1 is 1.25 bits per heavy atom. The van der Waals surface area contributed by atoms with Crippen molar-refractivity contribution < 1.29 is 23.0 Å². The van der Waals surface area contributed by atoms with Gasteiger partial charge in [-0.1, -0.05) is 23.8 Å². The number of halogens is 2. The summed E-state index contributed by atoms with van der Waals surface area (Å²) in [4.78, 5) is 12.5. The number of aromatic amines is 1. The van der Waals surface area contributed by atoms with E-state index in [0.717, 1.165) is 11.1 Å². The molecule has 0 saturated carbocycles. The zero-order valence-corrected chi connectivity index (χ0v) is 15.3. The van der Waals surface area contributed by atoms with Crippen LogP contribution in [0.1, 0.15) is 5.56 Å². The highest BCUT2D eigenvalue weighted by atomic mass is 32.1. The van der Waals surface area contributed by atoms with E-state index in [9.17, 15) is 13.6 Å². The normalized spacial score (nSPS) is 14.1. The van der Waals surface area contributed by atoms with Crippen LogP contribution in [0.2, 0.25) is 0 Å². The van der Waals surface area contributed by atoms with Crippen molar-refractivity contribution in [1.82, 2.24) is 14.8 Å². The number of ether oxygens (including phenoxy) is 2. The van der Waals surface area contributed by atoms with Gasteiger partial charge in [0.2, 0.25) is 5.91 Å². The van der Waals surface area contributed by atoms with E-state index < -0.39 is 12.2 Å². The van der Waals surface area contributed by atoms with Crippen LogP contribution in [0.15, 0.2) is 42.5 Å². The number of carbonyl (C=O) groups is 1. The molecule has 1 aliphatic heterocycles. The summed E-state index contributed by atoms with van der Waals surface area (Å²) in [6, 6.07) is 11.6. The average molecular weight is 404 g/mol. The summed E-state index contributed by atoms with van der Waals surface area (Å²) in [5.41, 5.74) is 2.14. The number of H-pyrrole nitrogens is 1. The van der Waals surface area contributed by atoms with E-state index in [0.29, 0.717) is 5.82 Å². The molecule has 144 valence electrons. The van der Waals surface area contributed by atoms with Gasteiger partial charge in [0.05, 0.1) is 0 Å². The largest absolute Gasteiger partial charge is 0.586 e. The molecule has 28 heavy (non-hydrogen) atoms. The minimum absolute atomic E-state index is 0.0956. The number of carbonyl (C=O) groups excluding carboxylic acids is 1. The van der Waals surface area contributed by atoms with Crippen molar-refractivity contribution in [2.45, 2.75) is 19.8 Å². The second-order valence-corrected chi connectivity index (χ2v) is 6.57. The van der Waals surface area contributed by atoms with E-state index in [-0.39, 0.29) is 28.5 Å². The molecular weight excluding hydrogens is 390 g/mol. The lowest BCUT2D eigenvalue weighted by atomic mass is 10.1. The molecule has 2 N–H and O–H groups in total. The molecule has 3 aromatic rings. The highest BCUT2D eigenvalue weighted by Gasteiger charge is 2.43. The Morgan fingerprint density at radius 3 is 2.82 bits per heavy atom. The molecule has 1 aromatic heterocycles. The molecule has 2 heterocycles. The van der Waals surface area contributed by atoms with Crippen LogP contribution in [0, 0.1) is 11.7 Å². The Morgan fingerprint density at radius 2 is 2.04 bits per heavy atom. The van der Waals surface area contributed by atoms with Gasteiger partial charge in [-0.15, -0.1) is 8.78 Å². The molecular formula is C18H14F2N4O3S. The summed E-state index contributed by atoms with van der Waals surface area (Å²) in [6.07, 6.45) is -3.71. The number of anilines is 1. The van der Waals surface area contributed by atoms with Gasteiger partial charge in [0.25, 0.3) is 0 Å². The van der Waals surface area contributed by atoms with E-state index in [1.54, 1.807) is 4.57 Å². The van der Waals surface area contributed by atoms with Crippen LogP contribution in [-0.2, 0) is 11.3 Å². The Kier molecular flexibility index (Phi) is 4.34. The van der Waals surface area contributed by atoms with Crippen molar-refractivity contribution in [3.8, 4) is 22.9 Å². The SMILES string of the molecule is Cc1cccc(-c2n[nH]c(=S)n2CC(=O)Nc2ccc3c(c2)OC(F)(F)O3)c1. The number of aromatic nitrogens is 3. The third kappa shape index (κ3) is 3.58. The molecule has 0 saturated heterocycles. The van der Waals surface area contributed by atoms with Gasteiger partial charge in [0.15, 0.2) is 22.1 Å². The first-order chi connectivity index (χ1) is 13.3. The Labute approximate surface area is 162 Å². The van der Waals surface area contributed by atoms with Crippen molar-refractivity contribution in [3.63, 3.8) is 0 Å². The van der Waals surface area contributed by atoms with Crippen molar-refractivity contribution in [2.24, 2.45) is 0 Å². The summed E-state index contributed by atoms with van der Waals surface area (Å²) in [6.45, 7) is 1.84. The van der Waals surface area contributed by atoms with Gasteiger partial charge in [-0.3, -0.25) is 14.5 Å². The summed E-state index contributed by atoms with van der Waals surface area (Å²) >= 11 is 5.22. The van der Waals surface area contributed by atoms with Crippen LogP contribution in [0.25, 0.3) is 11.4 Å². The molecule has 0 fully saturated rings. The Bertz CT molecular complexity index is 1130. The van der Waals surface area contributed by atoms with Crippen molar-refractivity contribution in [1.29, 1.82) is 0 Å². The smallest absolute Gasteiger partial charge is 0.395 e. The monoisotopic (exact) mass is 404 g/mol. The highest BCUT2D eigenvalue weighted by Crippen LogP contribution is 2.42. The van der Waals surface area contributed by atoms with Gasteiger partial charge in [0.1, 0.15) is 6.54 Å². The number of benzene rings is 2. The fourth-order valence-corrected chi connectivity index (χ4v) is 3.04. The van der Waals surface area contributed by atoms with Gasteiger partial charge in [-0.2, -0.15) is 5.10 Å². The van der Waals surface area contributed by atoms with Gasteiger partial charge >= 0.3 is 6.29 Å². The number of hydrogen-bond donors (Lipinski definition) is 2. The maximum Gasteiger partial charge on any atom is 0.586 e. The predicted octanol–water partition coefficient (Wildman–Crippen LogP) is 3.88. The number of hydrogen-bond acceptors (Lipinski definition) is 5. The lowest BCUT2D eigenvalue weighted by Crippen LogP contribution is -2.25. The maximum atomic E-state index is 13.1. The molecule has 1 aliphatic rings. The summed E-state index contributed by atoms with van der Waals surface area (Å²) in [7, 11) is 0. The van der Waals surface area contributed by atoms with Gasteiger partial charge in [-0.05, 0) is 37.3 Å². The first-order valence-electron chi connectivity index (χ1n) is 8.23. The van der Waals surface area contributed by atoms with Gasteiger partial charge in [0, 0.05) is 17.3 Å². The molecule has 1 amide bonds. The number of aryl methyl sites for hydroxylation is 1. The molecule has 0 atom stereocenters. The van der Waals surface area contributed by atoms with Crippen molar-refractivity contribution in [2.75, 3.05) is 5.32 Å². The summed E-state index contributed by atoms with van der Waals surface area (Å²) in [5.74, 6) is -0.129. The number of nitrogens with one attached hydrogen (secondary N) is 2. The fourth-order valence-electron chi connectivity index (χ4n) is 2.84. The molecule has 0 bridgehead atoms. The average Bonchev–Trinajstić information content (AvgIpc) is 3.13. The number of nitrogens with zero attached hydrogens (tertiary/aromatic N) is 2. The molecule has 7 nitrogen and oxygen atoms in total. The van der Waals surface area contributed by atoms with Crippen LogP contribution in [-0.4, -0.2) is 27.0 Å². The van der Waals surface area contributed by atoms with E-state index in [1.807, 2.05) is 31.2 Å². The highest BCUT2D eigenvalue weighted by molar-refractivity contribution is 7.71. The molecule has 0 spiro atoms. The quantitative estimate of drug-likeness (QED) is 0.645. The second-order valence-electron chi connectivity index (χ2n) is 6.19. The van der Waals surface area contributed by atoms with Crippen LogP contribution in [0.3, 0.4) is 0 Å². The van der Waals surface area contributed by atoms with Crippen LogP contribution in [0.4, 0.5) is 14.5 Å². The molecule has 2 aromatic carbocycles. The van der Waals surface area contributed by atoms with Gasteiger partial charge < -0.3 is 14.8 Å². The van der Waals surface area contributed by atoms with Crippen LogP contribution < -0.4 is 14.8 Å². The van der Waals surface area contributed by atoms with E-state index >= 15 is 0 Å². The van der Waals surface area contributed by atoms with E-state index in [4.69, 9.17) is 12.2 Å². The minimum atomic E-state index is -3.71. The first kappa shape index (κ1) is 18.1. The van der Waals surface area contributed by atoms with Crippen molar-refractivity contribution in [3.05, 3.63) is 52.8 Å². The number of fused-ring (bicyclic) bond motifs is 1. The van der Waals surface area contributed by atoms with Crippen LogP contribution in [0.5, 0.6) is 11.5 Å². The van der Waals surface area contributed by atoms with E-state index in [1.165, 1.54) is 18.2 Å². The maximum absolute atomic E-state index is 13.1. The number of amides is 1. The third-order valence-electron chi connectivity index (χ3n) is 4.02. The lowest BCUT2D eigenvalue weighted by Gasteiger charge is -2.09. The third-order valence-corrected chi connectivity index (χ3v) is 4.33. The second kappa shape index (κ2) is 6.71. The predicted molar refractivity (Wildman–Crippen MR) is 98.9 cm³/mol. The fraction of sp³-hybridized carbons (Fsp3) is 0.167. The first-order valence-corrected chi connectivity index (χ1v) is 8.63. The minimum Gasteiger partial charge on any atom is -0.395 e. The molecule has 10 heteroatoms. The topological polar surface area (TPSA) is 81.2 Å². The standard InChI is InChI=1S/C18H14F2N4O3S/c1-10-3-2-4-11(7-10)16-22-23-17(28)24(16)9-15(25)21-12-5-6-13-14(8-12)27-18(19,20)26-13/h2-8H,9H2,1H3,(H,21,25)(H,23,28). The van der Waals surface area contributed by atoms with Gasteiger partial charge in [-0.25, -0.2) is 0 Å². The van der Waals surface area contributed by atoms with Crippen molar-refractivity contribution >= 4 is 23.8 Å². The molecule has 0 unspecified atom stereocenters. The molecule has 0 aliphatic carbocycles. The lowest BCUT2D eigenvalue weighted by molar-refractivity contribution is -0.286. The molecule has 0 radical (unpaired) electrons. The molecule has 4 rings (SSSR count). The summed E-state index contributed by atoms with van der Waals surface area (Å²) in [5, 5.41) is 9.51.